The highest BCUT2D eigenvalue weighted by Crippen LogP contribution is 2.29. The van der Waals surface area contributed by atoms with Crippen molar-refractivity contribution in [1.82, 2.24) is 0 Å². The monoisotopic (exact) mass is 342 g/mol. The van der Waals surface area contributed by atoms with Gasteiger partial charge in [-0.05, 0) is 43.3 Å². The largest absolute Gasteiger partial charge is 0.374 e. The topological polar surface area (TPSA) is 41.1 Å². The van der Waals surface area contributed by atoms with Crippen LogP contribution in [0.15, 0.2) is 42.5 Å². The molecular weight excluding hydrogens is 331 g/mol. The lowest BCUT2D eigenvalue weighted by Gasteiger charge is -2.16. The van der Waals surface area contributed by atoms with Crippen LogP contribution >= 0.6 is 34.8 Å². The number of rotatable bonds is 4. The summed E-state index contributed by atoms with van der Waals surface area (Å²) in [5.41, 5.74) is 1.29. The Hall–Kier alpha value is -1.42. The van der Waals surface area contributed by atoms with Gasteiger partial charge in [0.15, 0.2) is 0 Å². The average Bonchev–Trinajstić information content (AvgIpc) is 2.46. The van der Waals surface area contributed by atoms with Gasteiger partial charge in [-0.2, -0.15) is 0 Å². The summed E-state index contributed by atoms with van der Waals surface area (Å²) >= 11 is 17.8. The third-order valence-electron chi connectivity index (χ3n) is 2.83. The second-order valence-corrected chi connectivity index (χ2v) is 5.69. The molecule has 2 aromatic carbocycles. The Morgan fingerprint density at radius 2 is 1.71 bits per heavy atom. The Kier molecular flexibility index (Phi) is 5.34. The second-order valence-electron chi connectivity index (χ2n) is 4.46. The zero-order valence-electron chi connectivity index (χ0n) is 11.2. The zero-order valence-corrected chi connectivity index (χ0v) is 13.4. The minimum Gasteiger partial charge on any atom is -0.374 e. The molecule has 1 atom stereocenters. The normalized spacial score (nSPS) is 11.8. The first kappa shape index (κ1) is 16.0. The van der Waals surface area contributed by atoms with E-state index >= 15 is 0 Å². The van der Waals surface area contributed by atoms with E-state index in [0.29, 0.717) is 20.8 Å². The predicted molar refractivity (Wildman–Crippen MR) is 89.6 cm³/mol. The summed E-state index contributed by atoms with van der Waals surface area (Å²) in [6, 6.07) is 11.7. The highest BCUT2D eigenvalue weighted by Gasteiger charge is 2.15. The smallest absolute Gasteiger partial charge is 0.246 e. The second kappa shape index (κ2) is 7.03. The minimum atomic E-state index is -0.443. The fourth-order valence-corrected chi connectivity index (χ4v) is 2.18. The van der Waals surface area contributed by atoms with Gasteiger partial charge in [0.2, 0.25) is 5.91 Å². The quantitative estimate of drug-likeness (QED) is 0.812. The Balaban J connectivity index is 2.02. The summed E-state index contributed by atoms with van der Waals surface area (Å²) in [4.78, 5) is 12.1. The minimum absolute atomic E-state index is 0.214. The molecule has 0 aliphatic heterocycles. The molecule has 0 aliphatic rings. The molecule has 0 aromatic heterocycles. The molecule has 0 saturated heterocycles. The van der Waals surface area contributed by atoms with Crippen LogP contribution in [0.25, 0.3) is 0 Å². The summed E-state index contributed by atoms with van der Waals surface area (Å²) in [6.07, 6.45) is 0. The third-order valence-corrected chi connectivity index (χ3v) is 3.90. The number of anilines is 2. The van der Waals surface area contributed by atoms with Crippen molar-refractivity contribution in [2.45, 2.75) is 13.0 Å². The maximum atomic E-state index is 12.1. The molecule has 0 spiro atoms. The lowest BCUT2D eigenvalue weighted by Crippen LogP contribution is -2.31. The standard InChI is InChI=1S/C15H13Cl3N2O/c1-9(19-11-7-5-10(16)6-8-11)15(21)20-13-4-2-3-12(17)14(13)18/h2-9,19H,1H3,(H,20,21). The molecule has 0 bridgehead atoms. The van der Waals surface area contributed by atoms with E-state index in [0.717, 1.165) is 5.69 Å². The molecule has 0 radical (unpaired) electrons. The first-order valence-corrected chi connectivity index (χ1v) is 7.38. The molecule has 3 nitrogen and oxygen atoms in total. The van der Waals surface area contributed by atoms with Gasteiger partial charge >= 0.3 is 0 Å². The summed E-state index contributed by atoms with van der Waals surface area (Å²) < 4.78 is 0. The van der Waals surface area contributed by atoms with Crippen LogP contribution in [0.2, 0.25) is 15.1 Å². The first-order valence-electron chi connectivity index (χ1n) is 6.24. The summed E-state index contributed by atoms with van der Waals surface area (Å²) in [6.45, 7) is 1.75. The fourth-order valence-electron chi connectivity index (χ4n) is 1.70. The van der Waals surface area contributed by atoms with E-state index in [-0.39, 0.29) is 5.91 Å². The molecule has 0 fully saturated rings. The lowest BCUT2D eigenvalue weighted by molar-refractivity contribution is -0.116. The maximum absolute atomic E-state index is 12.1. The van der Waals surface area contributed by atoms with Crippen LogP contribution in [0.1, 0.15) is 6.92 Å². The van der Waals surface area contributed by atoms with E-state index in [9.17, 15) is 4.79 Å². The Morgan fingerprint density at radius 1 is 1.05 bits per heavy atom. The van der Waals surface area contributed by atoms with Crippen molar-refractivity contribution in [2.24, 2.45) is 0 Å². The molecular formula is C15H13Cl3N2O. The number of amides is 1. The zero-order chi connectivity index (χ0) is 15.4. The molecule has 1 amide bonds. The molecule has 0 heterocycles. The number of nitrogens with one attached hydrogen (secondary N) is 2. The van der Waals surface area contributed by atoms with Crippen LogP contribution in [0.3, 0.4) is 0 Å². The highest BCUT2D eigenvalue weighted by atomic mass is 35.5. The van der Waals surface area contributed by atoms with Gasteiger partial charge in [-0.1, -0.05) is 40.9 Å². The van der Waals surface area contributed by atoms with Crippen molar-refractivity contribution in [3.8, 4) is 0 Å². The number of halogens is 3. The van der Waals surface area contributed by atoms with Crippen LogP contribution in [0.4, 0.5) is 11.4 Å². The Labute approximate surface area is 138 Å². The van der Waals surface area contributed by atoms with E-state index in [2.05, 4.69) is 10.6 Å². The number of hydrogen-bond acceptors (Lipinski definition) is 2. The van der Waals surface area contributed by atoms with Crippen molar-refractivity contribution in [3.63, 3.8) is 0 Å². The van der Waals surface area contributed by atoms with Gasteiger partial charge in [0.1, 0.15) is 6.04 Å². The van der Waals surface area contributed by atoms with Gasteiger partial charge in [-0.3, -0.25) is 4.79 Å². The van der Waals surface area contributed by atoms with E-state index in [1.165, 1.54) is 0 Å². The van der Waals surface area contributed by atoms with E-state index in [1.807, 2.05) is 0 Å². The van der Waals surface area contributed by atoms with Crippen molar-refractivity contribution in [3.05, 3.63) is 57.5 Å². The highest BCUT2D eigenvalue weighted by molar-refractivity contribution is 6.44. The van der Waals surface area contributed by atoms with Gasteiger partial charge in [0, 0.05) is 10.7 Å². The number of benzene rings is 2. The van der Waals surface area contributed by atoms with Crippen LogP contribution in [-0.4, -0.2) is 11.9 Å². The number of carbonyl (C=O) groups excluding carboxylic acids is 1. The van der Waals surface area contributed by atoms with E-state index in [1.54, 1.807) is 49.4 Å². The number of carbonyl (C=O) groups is 1. The predicted octanol–water partition coefficient (Wildman–Crippen LogP) is 5.09. The molecule has 6 heteroatoms. The Bertz CT molecular complexity index is 644. The molecule has 0 aliphatic carbocycles. The van der Waals surface area contributed by atoms with Crippen molar-refractivity contribution in [2.75, 3.05) is 10.6 Å². The van der Waals surface area contributed by atoms with Crippen LogP contribution in [0.5, 0.6) is 0 Å². The van der Waals surface area contributed by atoms with Gasteiger partial charge < -0.3 is 10.6 Å². The van der Waals surface area contributed by atoms with E-state index < -0.39 is 6.04 Å². The molecule has 110 valence electrons. The first-order chi connectivity index (χ1) is 9.97. The molecule has 0 saturated carbocycles. The maximum Gasteiger partial charge on any atom is 0.246 e. The molecule has 2 aromatic rings. The molecule has 1 unspecified atom stereocenters. The van der Waals surface area contributed by atoms with Crippen molar-refractivity contribution < 1.29 is 4.79 Å². The average molecular weight is 344 g/mol. The molecule has 2 N–H and O–H groups in total. The molecule has 2 rings (SSSR count). The van der Waals surface area contributed by atoms with Crippen LogP contribution in [-0.2, 0) is 4.79 Å². The summed E-state index contributed by atoms with van der Waals surface area (Å²) in [5.74, 6) is -0.214. The van der Waals surface area contributed by atoms with Crippen molar-refractivity contribution >= 4 is 52.1 Å². The van der Waals surface area contributed by atoms with Crippen molar-refractivity contribution in [1.29, 1.82) is 0 Å². The fraction of sp³-hybridized carbons (Fsp3) is 0.133. The SMILES string of the molecule is CC(Nc1ccc(Cl)cc1)C(=O)Nc1cccc(Cl)c1Cl. The van der Waals surface area contributed by atoms with Crippen LogP contribution < -0.4 is 10.6 Å². The van der Waals surface area contributed by atoms with Gasteiger partial charge in [0.25, 0.3) is 0 Å². The number of hydrogen-bond donors (Lipinski definition) is 2. The van der Waals surface area contributed by atoms with Crippen LogP contribution in [0, 0.1) is 0 Å². The summed E-state index contributed by atoms with van der Waals surface area (Å²) in [5, 5.41) is 7.18. The van der Waals surface area contributed by atoms with Gasteiger partial charge in [-0.25, -0.2) is 0 Å². The van der Waals surface area contributed by atoms with Gasteiger partial charge in [-0.15, -0.1) is 0 Å². The Morgan fingerprint density at radius 3 is 2.38 bits per heavy atom. The third kappa shape index (κ3) is 4.27. The van der Waals surface area contributed by atoms with Gasteiger partial charge in [0.05, 0.1) is 15.7 Å². The van der Waals surface area contributed by atoms with E-state index in [4.69, 9.17) is 34.8 Å². The lowest BCUT2D eigenvalue weighted by atomic mass is 10.2. The summed E-state index contributed by atoms with van der Waals surface area (Å²) in [7, 11) is 0. The molecule has 21 heavy (non-hydrogen) atoms.